The molecular formula is C10H23O4P. The normalized spacial score (nSPS) is 10.6. The van der Waals surface area contributed by atoms with Crippen molar-refractivity contribution in [1.29, 1.82) is 0 Å². The maximum absolute atomic E-state index is 8.88. The van der Waals surface area contributed by atoms with Gasteiger partial charge in [0.05, 0.1) is 0 Å². The molecule has 0 heterocycles. The van der Waals surface area contributed by atoms with Gasteiger partial charge in [-0.25, -0.2) is 4.57 Å². The SMILES string of the molecule is CC=CCC.CC=CCC.O=P(O)(O)O. The third kappa shape index (κ3) is 142. The lowest BCUT2D eigenvalue weighted by Gasteiger charge is -1.82. The fourth-order valence-corrected chi connectivity index (χ4v) is 0.471. The van der Waals surface area contributed by atoms with Crippen molar-refractivity contribution < 1.29 is 19.2 Å². The van der Waals surface area contributed by atoms with E-state index in [0.29, 0.717) is 0 Å². The van der Waals surface area contributed by atoms with E-state index < -0.39 is 7.82 Å². The van der Waals surface area contributed by atoms with Gasteiger partial charge >= 0.3 is 7.82 Å². The standard InChI is InChI=1S/2C5H10.H3O4P/c2*1-3-5-4-2;1-5(2,3)4/h2*3,5H,4H2,1-2H3;(H3,1,2,3,4). The molecule has 0 aromatic heterocycles. The Hall–Kier alpha value is -0.410. The first-order chi connectivity index (χ1) is 6.83. The predicted octanol–water partition coefficient (Wildman–Crippen LogP) is 3.02. The average Bonchev–Trinajstić information content (AvgIpc) is 2.05. The van der Waals surface area contributed by atoms with Crippen molar-refractivity contribution >= 4 is 7.82 Å². The Bertz CT molecular complexity index is 173. The molecule has 0 saturated carbocycles. The molecule has 0 aliphatic rings. The van der Waals surface area contributed by atoms with E-state index in [1.165, 1.54) is 0 Å². The van der Waals surface area contributed by atoms with Gasteiger partial charge in [-0.3, -0.25) is 0 Å². The molecule has 0 atom stereocenters. The van der Waals surface area contributed by atoms with Crippen LogP contribution in [-0.2, 0) is 4.57 Å². The van der Waals surface area contributed by atoms with E-state index in [0.717, 1.165) is 12.8 Å². The molecular weight excluding hydrogens is 215 g/mol. The summed E-state index contributed by atoms with van der Waals surface area (Å²) in [7, 11) is -4.64. The molecule has 0 saturated heterocycles. The topological polar surface area (TPSA) is 77.8 Å². The van der Waals surface area contributed by atoms with Crippen LogP contribution in [0.2, 0.25) is 0 Å². The summed E-state index contributed by atoms with van der Waals surface area (Å²) in [6.45, 7) is 8.31. The van der Waals surface area contributed by atoms with Crippen LogP contribution in [0.25, 0.3) is 0 Å². The van der Waals surface area contributed by atoms with Gasteiger partial charge in [-0.15, -0.1) is 0 Å². The van der Waals surface area contributed by atoms with E-state index in [4.69, 9.17) is 19.2 Å². The number of allylic oxidation sites excluding steroid dienone is 4. The Morgan fingerprint density at radius 2 is 1.13 bits per heavy atom. The Morgan fingerprint density at radius 1 is 0.933 bits per heavy atom. The lowest BCUT2D eigenvalue weighted by atomic mass is 10.4. The summed E-state index contributed by atoms with van der Waals surface area (Å²) in [5.74, 6) is 0. The molecule has 0 aliphatic carbocycles. The van der Waals surface area contributed by atoms with E-state index >= 15 is 0 Å². The van der Waals surface area contributed by atoms with Crippen molar-refractivity contribution in [3.63, 3.8) is 0 Å². The Labute approximate surface area is 92.6 Å². The average molecular weight is 238 g/mol. The smallest absolute Gasteiger partial charge is 0.303 e. The number of phosphoric acid groups is 1. The molecule has 0 aliphatic heterocycles. The molecule has 0 amide bonds. The van der Waals surface area contributed by atoms with Gasteiger partial charge < -0.3 is 14.7 Å². The van der Waals surface area contributed by atoms with Crippen molar-refractivity contribution in [2.45, 2.75) is 40.5 Å². The quantitative estimate of drug-likeness (QED) is 0.510. The molecule has 0 aromatic rings. The highest BCUT2D eigenvalue weighted by molar-refractivity contribution is 7.45. The highest BCUT2D eigenvalue weighted by Gasteiger charge is 2.00. The Kier molecular flexibility index (Phi) is 21.4. The van der Waals surface area contributed by atoms with Crippen molar-refractivity contribution in [1.82, 2.24) is 0 Å². The van der Waals surface area contributed by atoms with Crippen LogP contribution in [0, 0.1) is 0 Å². The molecule has 15 heavy (non-hydrogen) atoms. The monoisotopic (exact) mass is 238 g/mol. The highest BCUT2D eigenvalue weighted by atomic mass is 31.2. The molecule has 0 radical (unpaired) electrons. The minimum atomic E-state index is -4.64. The second-order valence-corrected chi connectivity index (χ2v) is 3.49. The molecule has 92 valence electrons. The van der Waals surface area contributed by atoms with Crippen LogP contribution in [0.15, 0.2) is 24.3 Å². The second kappa shape index (κ2) is 16.0. The van der Waals surface area contributed by atoms with E-state index in [-0.39, 0.29) is 0 Å². The summed E-state index contributed by atoms with van der Waals surface area (Å²) in [4.78, 5) is 21.6. The summed E-state index contributed by atoms with van der Waals surface area (Å²) in [6.07, 6.45) is 10.7. The van der Waals surface area contributed by atoms with Crippen molar-refractivity contribution in [3.05, 3.63) is 24.3 Å². The lowest BCUT2D eigenvalue weighted by Crippen LogP contribution is -1.66. The zero-order valence-electron chi connectivity index (χ0n) is 9.92. The maximum atomic E-state index is 8.88. The Morgan fingerprint density at radius 3 is 1.13 bits per heavy atom. The maximum Gasteiger partial charge on any atom is 0.466 e. The van der Waals surface area contributed by atoms with Crippen LogP contribution < -0.4 is 0 Å². The van der Waals surface area contributed by atoms with Crippen molar-refractivity contribution in [2.24, 2.45) is 0 Å². The predicted molar refractivity (Wildman–Crippen MR) is 64.5 cm³/mol. The van der Waals surface area contributed by atoms with Gasteiger partial charge in [0.25, 0.3) is 0 Å². The first-order valence-corrected chi connectivity index (χ1v) is 6.40. The van der Waals surface area contributed by atoms with Gasteiger partial charge in [-0.05, 0) is 26.7 Å². The number of hydrogen-bond acceptors (Lipinski definition) is 1. The summed E-state index contributed by atoms with van der Waals surface area (Å²) in [5.41, 5.74) is 0. The molecule has 5 heteroatoms. The third-order valence-electron chi connectivity index (χ3n) is 0.943. The van der Waals surface area contributed by atoms with Crippen LogP contribution in [0.4, 0.5) is 0 Å². The summed E-state index contributed by atoms with van der Waals surface area (Å²) >= 11 is 0. The van der Waals surface area contributed by atoms with Crippen LogP contribution in [0.5, 0.6) is 0 Å². The second-order valence-electron chi connectivity index (χ2n) is 2.47. The van der Waals surface area contributed by atoms with Crippen LogP contribution >= 0.6 is 7.82 Å². The molecule has 0 unspecified atom stereocenters. The van der Waals surface area contributed by atoms with Gasteiger partial charge in [-0.1, -0.05) is 38.2 Å². The van der Waals surface area contributed by atoms with Gasteiger partial charge in [0, 0.05) is 0 Å². The van der Waals surface area contributed by atoms with Gasteiger partial charge in [0.15, 0.2) is 0 Å². The first-order valence-electron chi connectivity index (χ1n) is 4.83. The first kappa shape index (κ1) is 20.1. The molecule has 3 N–H and O–H groups in total. The van der Waals surface area contributed by atoms with Crippen molar-refractivity contribution in [2.75, 3.05) is 0 Å². The summed E-state index contributed by atoms with van der Waals surface area (Å²) < 4.78 is 8.88. The zero-order chi connectivity index (χ0) is 12.7. The molecule has 0 spiro atoms. The molecule has 4 nitrogen and oxygen atoms in total. The van der Waals surface area contributed by atoms with Crippen molar-refractivity contribution in [3.8, 4) is 0 Å². The lowest BCUT2D eigenvalue weighted by molar-refractivity contribution is 0.275. The zero-order valence-corrected chi connectivity index (χ0v) is 10.8. The van der Waals surface area contributed by atoms with E-state index in [1.807, 2.05) is 13.8 Å². The largest absolute Gasteiger partial charge is 0.466 e. The highest BCUT2D eigenvalue weighted by Crippen LogP contribution is 2.25. The van der Waals surface area contributed by atoms with Crippen LogP contribution in [-0.4, -0.2) is 14.7 Å². The fourth-order valence-electron chi connectivity index (χ4n) is 0.471. The minimum Gasteiger partial charge on any atom is -0.303 e. The van der Waals surface area contributed by atoms with E-state index in [2.05, 4.69) is 38.2 Å². The molecule has 0 aromatic carbocycles. The van der Waals surface area contributed by atoms with Crippen LogP contribution in [0.1, 0.15) is 40.5 Å². The Balaban J connectivity index is -0.000000144. The summed E-state index contributed by atoms with van der Waals surface area (Å²) in [5, 5.41) is 0. The molecule has 0 rings (SSSR count). The third-order valence-corrected chi connectivity index (χ3v) is 0.943. The molecule has 0 fully saturated rings. The minimum absolute atomic E-state index is 1.16. The number of hydrogen-bond donors (Lipinski definition) is 3. The summed E-state index contributed by atoms with van der Waals surface area (Å²) in [6, 6.07) is 0. The van der Waals surface area contributed by atoms with E-state index in [9.17, 15) is 0 Å². The van der Waals surface area contributed by atoms with E-state index in [1.54, 1.807) is 0 Å². The van der Waals surface area contributed by atoms with Gasteiger partial charge in [0.1, 0.15) is 0 Å². The fraction of sp³-hybridized carbons (Fsp3) is 0.600. The number of rotatable bonds is 2. The van der Waals surface area contributed by atoms with Crippen LogP contribution in [0.3, 0.4) is 0 Å². The molecule has 0 bridgehead atoms. The van der Waals surface area contributed by atoms with Gasteiger partial charge in [-0.2, -0.15) is 0 Å². The van der Waals surface area contributed by atoms with Gasteiger partial charge in [0.2, 0.25) is 0 Å².